The zero-order valence-electron chi connectivity index (χ0n) is 12.0. The molecule has 3 nitrogen and oxygen atoms in total. The van der Waals surface area contributed by atoms with Crippen LogP contribution in [0.4, 0.5) is 5.69 Å². The quantitative estimate of drug-likeness (QED) is 0.898. The number of benzene rings is 1. The molecule has 0 saturated heterocycles. The third kappa shape index (κ3) is 3.90. The van der Waals surface area contributed by atoms with Crippen LogP contribution in [0.25, 0.3) is 0 Å². The Bertz CT molecular complexity index is 578. The van der Waals surface area contributed by atoms with E-state index in [1.54, 1.807) is 18.0 Å². The monoisotopic (exact) mass is 289 g/mol. The van der Waals surface area contributed by atoms with Crippen molar-refractivity contribution in [2.45, 2.75) is 31.8 Å². The fourth-order valence-corrected chi connectivity index (χ4v) is 2.65. The van der Waals surface area contributed by atoms with Gasteiger partial charge in [0.25, 0.3) is 0 Å². The number of amides is 1. The predicted molar refractivity (Wildman–Crippen MR) is 84.0 cm³/mol. The van der Waals surface area contributed by atoms with Gasteiger partial charge in [0, 0.05) is 5.69 Å². The normalized spacial score (nSPS) is 12.2. The van der Waals surface area contributed by atoms with Crippen LogP contribution in [0.2, 0.25) is 0 Å². The molecule has 1 unspecified atom stereocenters. The lowest BCUT2D eigenvalue weighted by Crippen LogP contribution is -2.23. The molecule has 2 aromatic rings. The van der Waals surface area contributed by atoms with Crippen LogP contribution in [-0.4, -0.2) is 11.2 Å². The third-order valence-electron chi connectivity index (χ3n) is 3.06. The minimum Gasteiger partial charge on any atom is -0.468 e. The highest BCUT2D eigenvalue weighted by Crippen LogP contribution is 2.21. The smallest absolute Gasteiger partial charge is 0.237 e. The molecule has 0 bridgehead atoms. The van der Waals surface area contributed by atoms with Gasteiger partial charge in [-0.1, -0.05) is 17.7 Å². The molecule has 1 atom stereocenters. The summed E-state index contributed by atoms with van der Waals surface area (Å²) in [5.41, 5.74) is 3.16. The number of nitrogens with one attached hydrogen (secondary N) is 1. The molecule has 0 spiro atoms. The molecule has 0 fully saturated rings. The van der Waals surface area contributed by atoms with Crippen LogP contribution in [0.3, 0.4) is 0 Å². The number of hydrogen-bond donors (Lipinski definition) is 1. The lowest BCUT2D eigenvalue weighted by molar-refractivity contribution is -0.115. The summed E-state index contributed by atoms with van der Waals surface area (Å²) in [5, 5.41) is 2.85. The van der Waals surface area contributed by atoms with E-state index in [-0.39, 0.29) is 11.2 Å². The van der Waals surface area contributed by atoms with E-state index in [1.165, 1.54) is 5.56 Å². The second kappa shape index (κ2) is 6.66. The SMILES string of the molecule is Cc1ccc(NC(=O)C(C)SCc2ccco2)c(C)c1. The zero-order chi connectivity index (χ0) is 14.5. The van der Waals surface area contributed by atoms with E-state index >= 15 is 0 Å². The second-order valence-corrected chi connectivity index (χ2v) is 6.17. The van der Waals surface area contributed by atoms with E-state index < -0.39 is 0 Å². The summed E-state index contributed by atoms with van der Waals surface area (Å²) in [6, 6.07) is 9.80. The van der Waals surface area contributed by atoms with Gasteiger partial charge in [-0.05, 0) is 44.5 Å². The molecule has 1 amide bonds. The molecule has 0 aliphatic carbocycles. The predicted octanol–water partition coefficient (Wildman–Crippen LogP) is 4.16. The number of carbonyl (C=O) groups excluding carboxylic acids is 1. The van der Waals surface area contributed by atoms with Gasteiger partial charge in [0.2, 0.25) is 5.91 Å². The molecular formula is C16H19NO2S. The first-order chi connectivity index (χ1) is 9.56. The molecule has 0 aliphatic heterocycles. The van der Waals surface area contributed by atoms with E-state index in [0.717, 1.165) is 17.0 Å². The number of aryl methyl sites for hydroxylation is 2. The summed E-state index contributed by atoms with van der Waals surface area (Å²) < 4.78 is 5.26. The average molecular weight is 289 g/mol. The van der Waals surface area contributed by atoms with Crippen molar-refractivity contribution in [3.05, 3.63) is 53.5 Å². The number of anilines is 1. The lowest BCUT2D eigenvalue weighted by atomic mass is 10.1. The van der Waals surface area contributed by atoms with E-state index in [2.05, 4.69) is 11.4 Å². The molecule has 0 radical (unpaired) electrons. The van der Waals surface area contributed by atoms with E-state index in [1.807, 2.05) is 45.0 Å². The minimum atomic E-state index is -0.124. The molecule has 1 N–H and O–H groups in total. The van der Waals surface area contributed by atoms with Crippen LogP contribution in [0.5, 0.6) is 0 Å². The topological polar surface area (TPSA) is 42.2 Å². The van der Waals surface area contributed by atoms with Crippen LogP contribution in [0.1, 0.15) is 23.8 Å². The standard InChI is InChI=1S/C16H19NO2S/c1-11-6-7-15(12(2)9-11)17-16(18)13(3)20-10-14-5-4-8-19-14/h4-9,13H,10H2,1-3H3,(H,17,18). The summed E-state index contributed by atoms with van der Waals surface area (Å²) in [7, 11) is 0. The maximum atomic E-state index is 12.1. The molecule has 20 heavy (non-hydrogen) atoms. The van der Waals surface area contributed by atoms with E-state index in [9.17, 15) is 4.79 Å². The number of furan rings is 1. The fourth-order valence-electron chi connectivity index (χ4n) is 1.87. The van der Waals surface area contributed by atoms with Crippen molar-refractivity contribution in [3.63, 3.8) is 0 Å². The van der Waals surface area contributed by atoms with E-state index in [0.29, 0.717) is 5.75 Å². The Hall–Kier alpha value is -1.68. The van der Waals surface area contributed by atoms with Crippen LogP contribution in [0.15, 0.2) is 41.0 Å². The number of thioether (sulfide) groups is 1. The Labute approximate surface area is 123 Å². The van der Waals surface area contributed by atoms with E-state index in [4.69, 9.17) is 4.42 Å². The van der Waals surface area contributed by atoms with Crippen LogP contribution >= 0.6 is 11.8 Å². The Morgan fingerprint density at radius 3 is 2.80 bits per heavy atom. The zero-order valence-corrected chi connectivity index (χ0v) is 12.8. The van der Waals surface area contributed by atoms with Gasteiger partial charge in [0.05, 0.1) is 17.3 Å². The van der Waals surface area contributed by atoms with Gasteiger partial charge < -0.3 is 9.73 Å². The highest BCUT2D eigenvalue weighted by atomic mass is 32.2. The van der Waals surface area contributed by atoms with Gasteiger partial charge in [-0.2, -0.15) is 0 Å². The van der Waals surface area contributed by atoms with Crippen LogP contribution < -0.4 is 5.32 Å². The summed E-state index contributed by atoms with van der Waals surface area (Å²) in [4.78, 5) is 12.1. The summed E-state index contributed by atoms with van der Waals surface area (Å²) in [5.74, 6) is 1.61. The first kappa shape index (κ1) is 14.7. The lowest BCUT2D eigenvalue weighted by Gasteiger charge is -2.13. The molecule has 1 aromatic carbocycles. The molecule has 2 rings (SSSR count). The number of hydrogen-bond acceptors (Lipinski definition) is 3. The van der Waals surface area contributed by atoms with Crippen LogP contribution in [0, 0.1) is 13.8 Å². The summed E-state index contributed by atoms with van der Waals surface area (Å²) >= 11 is 1.56. The van der Waals surface area contributed by atoms with Gasteiger partial charge in [0.15, 0.2) is 0 Å². The Morgan fingerprint density at radius 1 is 1.35 bits per heavy atom. The number of rotatable bonds is 5. The van der Waals surface area contributed by atoms with Gasteiger partial charge >= 0.3 is 0 Å². The Balaban J connectivity index is 1.90. The number of carbonyl (C=O) groups is 1. The van der Waals surface area contributed by atoms with Crippen molar-refractivity contribution in [1.29, 1.82) is 0 Å². The van der Waals surface area contributed by atoms with Crippen molar-refractivity contribution in [3.8, 4) is 0 Å². The highest BCUT2D eigenvalue weighted by Gasteiger charge is 2.15. The van der Waals surface area contributed by atoms with Crippen molar-refractivity contribution >= 4 is 23.4 Å². The maximum Gasteiger partial charge on any atom is 0.237 e. The maximum absolute atomic E-state index is 12.1. The molecule has 4 heteroatoms. The van der Waals surface area contributed by atoms with Crippen molar-refractivity contribution in [1.82, 2.24) is 0 Å². The summed E-state index contributed by atoms with van der Waals surface area (Å²) in [6.45, 7) is 5.95. The third-order valence-corrected chi connectivity index (χ3v) is 4.23. The van der Waals surface area contributed by atoms with Crippen molar-refractivity contribution in [2.24, 2.45) is 0 Å². The molecule has 1 aromatic heterocycles. The first-order valence-corrected chi connectivity index (χ1v) is 7.63. The fraction of sp³-hybridized carbons (Fsp3) is 0.312. The Kier molecular flexibility index (Phi) is 4.90. The van der Waals surface area contributed by atoms with Gasteiger partial charge in [-0.15, -0.1) is 11.8 Å². The average Bonchev–Trinajstić information content (AvgIpc) is 2.92. The first-order valence-electron chi connectivity index (χ1n) is 6.58. The highest BCUT2D eigenvalue weighted by molar-refractivity contribution is 7.99. The molecule has 1 heterocycles. The largest absolute Gasteiger partial charge is 0.468 e. The van der Waals surface area contributed by atoms with Crippen molar-refractivity contribution in [2.75, 3.05) is 5.32 Å². The van der Waals surface area contributed by atoms with Crippen LogP contribution in [-0.2, 0) is 10.5 Å². The molecule has 0 aliphatic rings. The van der Waals surface area contributed by atoms with Crippen molar-refractivity contribution < 1.29 is 9.21 Å². The molecule has 106 valence electrons. The molecular weight excluding hydrogens is 270 g/mol. The van der Waals surface area contributed by atoms with Gasteiger partial charge in [-0.3, -0.25) is 4.79 Å². The summed E-state index contributed by atoms with van der Waals surface area (Å²) in [6.07, 6.45) is 1.65. The minimum absolute atomic E-state index is 0.0218. The second-order valence-electron chi connectivity index (χ2n) is 4.84. The van der Waals surface area contributed by atoms with Gasteiger partial charge in [0.1, 0.15) is 5.76 Å². The molecule has 0 saturated carbocycles. The van der Waals surface area contributed by atoms with Gasteiger partial charge in [-0.25, -0.2) is 0 Å². The Morgan fingerprint density at radius 2 is 2.15 bits per heavy atom.